The van der Waals surface area contributed by atoms with Crippen LogP contribution >= 0.6 is 0 Å². The first-order chi connectivity index (χ1) is 5.74. The number of aldehydes is 1. The molecule has 0 radical (unpaired) electrons. The molecular weight excluding hydrogens is 158 g/mol. The van der Waals surface area contributed by atoms with Crippen molar-refractivity contribution in [2.45, 2.75) is 19.8 Å². The van der Waals surface area contributed by atoms with Crippen LogP contribution in [0, 0.1) is 5.92 Å². The number of hydrogen-bond acceptors (Lipinski definition) is 4. The van der Waals surface area contributed by atoms with Crippen molar-refractivity contribution in [3.63, 3.8) is 0 Å². The van der Waals surface area contributed by atoms with Gasteiger partial charge in [-0.1, -0.05) is 0 Å². The minimum Gasteiger partial charge on any atom is -0.397 e. The highest BCUT2D eigenvalue weighted by molar-refractivity contribution is 5.53. The average molecular weight is 175 g/mol. The Morgan fingerprint density at radius 3 is 2.25 bits per heavy atom. The van der Waals surface area contributed by atoms with E-state index in [1.165, 1.54) is 5.06 Å². The molecule has 2 N–H and O–H groups in total. The first-order valence-electron chi connectivity index (χ1n) is 4.24. The summed E-state index contributed by atoms with van der Waals surface area (Å²) in [5, 5.41) is 17.7. The largest absolute Gasteiger partial charge is 0.397 e. The Hall–Kier alpha value is -0.450. The molecule has 0 aromatic heterocycles. The first-order valence-corrected chi connectivity index (χ1v) is 4.24. The van der Waals surface area contributed by atoms with E-state index in [1.807, 2.05) is 0 Å². The number of carbonyl (C=O) groups is 1. The number of piperidine rings is 1. The van der Waals surface area contributed by atoms with Crippen LogP contribution in [0.25, 0.3) is 0 Å². The van der Waals surface area contributed by atoms with Crippen LogP contribution in [0.1, 0.15) is 19.8 Å². The lowest BCUT2D eigenvalue weighted by molar-refractivity contribution is -0.125. The molecule has 0 bridgehead atoms. The molecule has 0 amide bonds. The second-order valence-electron chi connectivity index (χ2n) is 2.74. The molecule has 0 saturated carbocycles. The van der Waals surface area contributed by atoms with Gasteiger partial charge in [-0.3, -0.25) is 0 Å². The summed E-state index contributed by atoms with van der Waals surface area (Å²) in [5.41, 5.74) is 0. The SMILES string of the molecule is CCO.O=CC1CCN(O)CC1. The van der Waals surface area contributed by atoms with Crippen LogP contribution in [-0.4, -0.2) is 41.4 Å². The summed E-state index contributed by atoms with van der Waals surface area (Å²) in [5.74, 6) is 0.188. The second kappa shape index (κ2) is 7.21. The molecule has 12 heavy (non-hydrogen) atoms. The molecule has 72 valence electrons. The Labute approximate surface area is 72.8 Å². The summed E-state index contributed by atoms with van der Waals surface area (Å²) in [4.78, 5) is 10.2. The maximum atomic E-state index is 10.2. The van der Waals surface area contributed by atoms with E-state index >= 15 is 0 Å². The molecule has 1 saturated heterocycles. The van der Waals surface area contributed by atoms with Crippen LogP contribution in [0.5, 0.6) is 0 Å². The molecule has 0 aliphatic carbocycles. The summed E-state index contributed by atoms with van der Waals surface area (Å²) < 4.78 is 0. The van der Waals surface area contributed by atoms with E-state index in [4.69, 9.17) is 10.3 Å². The third-order valence-corrected chi connectivity index (χ3v) is 1.71. The molecular formula is C8H17NO3. The number of aliphatic hydroxyl groups excluding tert-OH is 1. The maximum Gasteiger partial charge on any atom is 0.123 e. The zero-order valence-electron chi connectivity index (χ0n) is 7.44. The van der Waals surface area contributed by atoms with Gasteiger partial charge in [0.05, 0.1) is 0 Å². The zero-order valence-corrected chi connectivity index (χ0v) is 7.44. The number of hydrogen-bond donors (Lipinski definition) is 2. The summed E-state index contributed by atoms with van der Waals surface area (Å²) >= 11 is 0. The van der Waals surface area contributed by atoms with Crippen LogP contribution in [0.2, 0.25) is 0 Å². The third-order valence-electron chi connectivity index (χ3n) is 1.71. The minimum atomic E-state index is 0.188. The number of aliphatic hydroxyl groups is 1. The van der Waals surface area contributed by atoms with Gasteiger partial charge in [0.15, 0.2) is 0 Å². The fourth-order valence-corrected chi connectivity index (χ4v) is 1.02. The summed E-state index contributed by atoms with van der Waals surface area (Å²) in [6.45, 7) is 3.22. The van der Waals surface area contributed by atoms with Crippen LogP contribution in [0.4, 0.5) is 0 Å². The van der Waals surface area contributed by atoms with Crippen molar-refractivity contribution in [2.24, 2.45) is 5.92 Å². The third kappa shape index (κ3) is 5.23. The topological polar surface area (TPSA) is 60.8 Å². The molecule has 0 aromatic rings. The normalized spacial score (nSPS) is 19.6. The van der Waals surface area contributed by atoms with Crippen molar-refractivity contribution in [2.75, 3.05) is 19.7 Å². The molecule has 1 fully saturated rings. The average Bonchev–Trinajstić information content (AvgIpc) is 2.07. The van der Waals surface area contributed by atoms with Gasteiger partial charge in [-0.2, -0.15) is 5.06 Å². The van der Waals surface area contributed by atoms with E-state index in [0.717, 1.165) is 19.1 Å². The Morgan fingerprint density at radius 2 is 1.92 bits per heavy atom. The molecule has 1 rings (SSSR count). The lowest BCUT2D eigenvalue weighted by Gasteiger charge is -2.23. The monoisotopic (exact) mass is 175 g/mol. The Morgan fingerprint density at radius 1 is 1.50 bits per heavy atom. The van der Waals surface area contributed by atoms with E-state index in [9.17, 15) is 4.79 Å². The predicted octanol–water partition coefficient (Wildman–Crippen LogP) is 0.285. The molecule has 4 heteroatoms. The zero-order chi connectivity index (χ0) is 9.40. The highest BCUT2D eigenvalue weighted by Crippen LogP contribution is 2.12. The van der Waals surface area contributed by atoms with E-state index in [2.05, 4.69) is 0 Å². The van der Waals surface area contributed by atoms with Gasteiger partial charge in [-0.05, 0) is 19.8 Å². The van der Waals surface area contributed by atoms with Gasteiger partial charge in [0.2, 0.25) is 0 Å². The smallest absolute Gasteiger partial charge is 0.123 e. The van der Waals surface area contributed by atoms with Gasteiger partial charge >= 0.3 is 0 Å². The van der Waals surface area contributed by atoms with E-state index in [1.54, 1.807) is 6.92 Å². The summed E-state index contributed by atoms with van der Waals surface area (Å²) in [6.07, 6.45) is 2.59. The van der Waals surface area contributed by atoms with Crippen molar-refractivity contribution >= 4 is 6.29 Å². The summed E-state index contributed by atoms with van der Waals surface area (Å²) in [7, 11) is 0. The van der Waals surface area contributed by atoms with Crippen molar-refractivity contribution in [1.29, 1.82) is 0 Å². The van der Waals surface area contributed by atoms with Crippen LogP contribution in [0.3, 0.4) is 0 Å². The molecule has 1 heterocycles. The fourth-order valence-electron chi connectivity index (χ4n) is 1.02. The van der Waals surface area contributed by atoms with Crippen LogP contribution in [0.15, 0.2) is 0 Å². The van der Waals surface area contributed by atoms with Gasteiger partial charge < -0.3 is 15.1 Å². The first kappa shape index (κ1) is 11.6. The minimum absolute atomic E-state index is 0.188. The van der Waals surface area contributed by atoms with Gasteiger partial charge in [-0.15, -0.1) is 0 Å². The van der Waals surface area contributed by atoms with Gasteiger partial charge in [0, 0.05) is 25.6 Å². The van der Waals surface area contributed by atoms with E-state index in [0.29, 0.717) is 13.1 Å². The number of nitrogens with zero attached hydrogens (tertiary/aromatic N) is 1. The van der Waals surface area contributed by atoms with E-state index < -0.39 is 0 Å². The summed E-state index contributed by atoms with van der Waals surface area (Å²) in [6, 6.07) is 0. The Balaban J connectivity index is 0.000000354. The van der Waals surface area contributed by atoms with Gasteiger partial charge in [-0.25, -0.2) is 0 Å². The maximum absolute atomic E-state index is 10.2. The predicted molar refractivity (Wildman–Crippen MR) is 44.9 cm³/mol. The molecule has 1 aliphatic rings. The lowest BCUT2D eigenvalue weighted by atomic mass is 10.0. The highest BCUT2D eigenvalue weighted by Gasteiger charge is 2.15. The second-order valence-corrected chi connectivity index (χ2v) is 2.74. The van der Waals surface area contributed by atoms with Crippen LogP contribution < -0.4 is 0 Å². The molecule has 0 aromatic carbocycles. The van der Waals surface area contributed by atoms with Crippen LogP contribution in [-0.2, 0) is 4.79 Å². The van der Waals surface area contributed by atoms with Crippen molar-refractivity contribution in [1.82, 2.24) is 5.06 Å². The molecule has 0 spiro atoms. The van der Waals surface area contributed by atoms with Gasteiger partial charge in [0.25, 0.3) is 0 Å². The highest BCUT2D eigenvalue weighted by atomic mass is 16.5. The van der Waals surface area contributed by atoms with Gasteiger partial charge in [0.1, 0.15) is 6.29 Å². The Kier molecular flexibility index (Phi) is 6.94. The quantitative estimate of drug-likeness (QED) is 0.562. The number of hydroxylamine groups is 2. The van der Waals surface area contributed by atoms with Crippen molar-refractivity contribution < 1.29 is 15.1 Å². The molecule has 4 nitrogen and oxygen atoms in total. The number of carbonyl (C=O) groups excluding carboxylic acids is 1. The van der Waals surface area contributed by atoms with Crippen molar-refractivity contribution in [3.8, 4) is 0 Å². The standard InChI is InChI=1S/C6H11NO2.C2H6O/c8-5-6-1-3-7(9)4-2-6;1-2-3/h5-6,9H,1-4H2;3H,2H2,1H3. The molecule has 0 unspecified atom stereocenters. The fraction of sp³-hybridized carbons (Fsp3) is 0.875. The Bertz CT molecular complexity index is 111. The molecule has 0 atom stereocenters. The molecule has 1 aliphatic heterocycles. The number of rotatable bonds is 1. The van der Waals surface area contributed by atoms with Crippen molar-refractivity contribution in [3.05, 3.63) is 0 Å². The van der Waals surface area contributed by atoms with E-state index in [-0.39, 0.29) is 12.5 Å². The lowest BCUT2D eigenvalue weighted by Crippen LogP contribution is -2.31.